The summed E-state index contributed by atoms with van der Waals surface area (Å²) in [6, 6.07) is 13.8. The zero-order valence-corrected chi connectivity index (χ0v) is 21.2. The summed E-state index contributed by atoms with van der Waals surface area (Å²) in [5.74, 6) is 3.79. The highest BCUT2D eigenvalue weighted by Crippen LogP contribution is 2.49. The molecule has 0 radical (unpaired) electrons. The molecular formula is C28H38FO3P. The molecule has 0 saturated heterocycles. The van der Waals surface area contributed by atoms with E-state index in [9.17, 15) is 4.39 Å². The Morgan fingerprint density at radius 1 is 1.00 bits per heavy atom. The first-order chi connectivity index (χ1) is 16.1. The molecule has 2 aliphatic rings. The lowest BCUT2D eigenvalue weighted by molar-refractivity contribution is 0.199. The van der Waals surface area contributed by atoms with Gasteiger partial charge in [0, 0.05) is 14.8 Å². The van der Waals surface area contributed by atoms with E-state index >= 15 is 0 Å². The van der Waals surface area contributed by atoms with Crippen LogP contribution in [0.15, 0.2) is 42.5 Å². The van der Waals surface area contributed by atoms with Gasteiger partial charge in [0.1, 0.15) is 17.3 Å². The summed E-state index contributed by atoms with van der Waals surface area (Å²) in [6.07, 6.45) is 7.95. The van der Waals surface area contributed by atoms with Crippen LogP contribution < -0.4 is 9.47 Å². The van der Waals surface area contributed by atoms with Crippen LogP contribution in [-0.2, 0) is 4.52 Å². The Balaban J connectivity index is 1.30. The van der Waals surface area contributed by atoms with Gasteiger partial charge in [-0.05, 0) is 123 Å². The highest BCUT2D eigenvalue weighted by molar-refractivity contribution is 7.51. The number of benzene rings is 2. The van der Waals surface area contributed by atoms with Gasteiger partial charge in [-0.15, -0.1) is 0 Å². The second-order valence-corrected chi connectivity index (χ2v) is 11.5. The molecule has 33 heavy (non-hydrogen) atoms. The van der Waals surface area contributed by atoms with Gasteiger partial charge in [0.05, 0.1) is 13.7 Å². The van der Waals surface area contributed by atoms with E-state index in [1.54, 1.807) is 13.2 Å². The molecule has 0 spiro atoms. The quantitative estimate of drug-likeness (QED) is 0.313. The fraction of sp³-hybridized carbons (Fsp3) is 0.571. The van der Waals surface area contributed by atoms with Crippen molar-refractivity contribution in [3.8, 4) is 11.5 Å². The van der Waals surface area contributed by atoms with Crippen LogP contribution in [0.3, 0.4) is 0 Å². The Bertz CT molecular complexity index is 892. The van der Waals surface area contributed by atoms with Crippen LogP contribution in [0, 0.1) is 17.7 Å². The second-order valence-electron chi connectivity index (χ2n) is 9.66. The van der Waals surface area contributed by atoms with E-state index in [0.717, 1.165) is 68.0 Å². The van der Waals surface area contributed by atoms with Gasteiger partial charge in [0.25, 0.3) is 0 Å². The van der Waals surface area contributed by atoms with E-state index in [1.807, 2.05) is 6.07 Å². The Kier molecular flexibility index (Phi) is 8.66. The third-order valence-corrected chi connectivity index (χ3v) is 8.86. The molecule has 0 heterocycles. The zero-order chi connectivity index (χ0) is 23.2. The Hall–Kier alpha value is -1.64. The van der Waals surface area contributed by atoms with E-state index in [2.05, 4.69) is 37.9 Å². The van der Waals surface area contributed by atoms with E-state index in [-0.39, 0.29) is 19.9 Å². The standard InChI is InChI=1S/C28H38FO3P/c1-4-32-33(3)19-27(22-12-13-22)23-6-5-7-25(16-23)31-18-20-8-10-21(11-9-20)26-17-24(30-2)14-15-28(26)29/h5-7,14-17,20-22,27H,4,8-13,18-19H2,1-3H3. The smallest absolute Gasteiger partial charge is 0.126 e. The predicted molar refractivity (Wildman–Crippen MR) is 134 cm³/mol. The average molecular weight is 473 g/mol. The summed E-state index contributed by atoms with van der Waals surface area (Å²) in [5, 5.41) is 0. The number of hydrogen-bond donors (Lipinski definition) is 0. The highest BCUT2D eigenvalue weighted by atomic mass is 31.1. The molecule has 0 amide bonds. The first-order valence-corrected chi connectivity index (χ1v) is 14.4. The summed E-state index contributed by atoms with van der Waals surface area (Å²) in [4.78, 5) is 0. The van der Waals surface area contributed by atoms with Crippen LogP contribution in [0.5, 0.6) is 11.5 Å². The monoisotopic (exact) mass is 472 g/mol. The molecule has 2 atom stereocenters. The molecule has 0 aliphatic heterocycles. The van der Waals surface area contributed by atoms with Crippen molar-refractivity contribution in [1.82, 2.24) is 0 Å². The SMILES string of the molecule is CCOP(C)CC(c1cccc(OCC2CCC(c3cc(OC)ccc3F)CC2)c1)C1CC1. The molecule has 0 bridgehead atoms. The molecular weight excluding hydrogens is 434 g/mol. The Labute approximate surface area is 199 Å². The maximum absolute atomic E-state index is 14.4. The third kappa shape index (κ3) is 6.70. The minimum absolute atomic E-state index is 0.113. The van der Waals surface area contributed by atoms with Crippen molar-refractivity contribution >= 4 is 8.15 Å². The van der Waals surface area contributed by atoms with Crippen molar-refractivity contribution in [2.24, 2.45) is 11.8 Å². The molecule has 3 nitrogen and oxygen atoms in total. The van der Waals surface area contributed by atoms with Crippen LogP contribution >= 0.6 is 8.15 Å². The molecule has 0 aromatic heterocycles. The third-order valence-electron chi connectivity index (χ3n) is 7.26. The summed E-state index contributed by atoms with van der Waals surface area (Å²) in [6.45, 7) is 5.88. The van der Waals surface area contributed by atoms with E-state index < -0.39 is 0 Å². The van der Waals surface area contributed by atoms with E-state index in [4.69, 9.17) is 14.0 Å². The Morgan fingerprint density at radius 3 is 2.48 bits per heavy atom. The minimum Gasteiger partial charge on any atom is -0.497 e. The molecule has 2 fully saturated rings. The molecule has 2 saturated carbocycles. The van der Waals surface area contributed by atoms with Gasteiger partial charge in [-0.25, -0.2) is 4.39 Å². The number of rotatable bonds is 11. The van der Waals surface area contributed by atoms with Crippen LogP contribution in [0.1, 0.15) is 68.4 Å². The predicted octanol–water partition coefficient (Wildman–Crippen LogP) is 7.74. The number of methoxy groups -OCH3 is 1. The molecule has 4 rings (SSSR count). The highest BCUT2D eigenvalue weighted by Gasteiger charge is 2.33. The van der Waals surface area contributed by atoms with Crippen LogP contribution in [0.2, 0.25) is 0 Å². The van der Waals surface area contributed by atoms with Gasteiger partial charge in [-0.1, -0.05) is 12.1 Å². The van der Waals surface area contributed by atoms with Crippen molar-refractivity contribution in [2.45, 2.75) is 57.3 Å². The molecule has 180 valence electrons. The van der Waals surface area contributed by atoms with Crippen LogP contribution in [-0.4, -0.2) is 33.2 Å². The Morgan fingerprint density at radius 2 is 1.79 bits per heavy atom. The molecule has 5 heteroatoms. The number of ether oxygens (including phenoxy) is 2. The average Bonchev–Trinajstić information content (AvgIpc) is 3.68. The summed E-state index contributed by atoms with van der Waals surface area (Å²) in [5.41, 5.74) is 2.21. The molecule has 2 aliphatic carbocycles. The topological polar surface area (TPSA) is 27.7 Å². The first kappa shape index (κ1) is 24.5. The first-order valence-electron chi connectivity index (χ1n) is 12.5. The number of halogens is 1. The van der Waals surface area contributed by atoms with Gasteiger partial charge in [-0.3, -0.25) is 0 Å². The largest absolute Gasteiger partial charge is 0.497 e. The summed E-state index contributed by atoms with van der Waals surface area (Å²) < 4.78 is 31.8. The summed E-state index contributed by atoms with van der Waals surface area (Å²) in [7, 11) is 1.26. The summed E-state index contributed by atoms with van der Waals surface area (Å²) >= 11 is 0. The van der Waals surface area contributed by atoms with Crippen molar-refractivity contribution in [3.63, 3.8) is 0 Å². The minimum atomic E-state index is -0.369. The van der Waals surface area contributed by atoms with E-state index in [1.165, 1.54) is 24.5 Å². The molecule has 2 aromatic rings. The number of hydrogen-bond acceptors (Lipinski definition) is 3. The molecule has 2 aromatic carbocycles. The lowest BCUT2D eigenvalue weighted by Crippen LogP contribution is -2.20. The fourth-order valence-electron chi connectivity index (χ4n) is 5.23. The van der Waals surface area contributed by atoms with Crippen molar-refractivity contribution in [1.29, 1.82) is 0 Å². The fourth-order valence-corrected chi connectivity index (χ4v) is 6.84. The van der Waals surface area contributed by atoms with Crippen LogP contribution in [0.4, 0.5) is 4.39 Å². The van der Waals surface area contributed by atoms with Crippen molar-refractivity contribution in [3.05, 3.63) is 59.4 Å². The van der Waals surface area contributed by atoms with E-state index in [0.29, 0.717) is 11.8 Å². The maximum Gasteiger partial charge on any atom is 0.126 e. The zero-order valence-electron chi connectivity index (χ0n) is 20.3. The van der Waals surface area contributed by atoms with Gasteiger partial charge in [-0.2, -0.15) is 0 Å². The van der Waals surface area contributed by atoms with Crippen molar-refractivity contribution < 1.29 is 18.4 Å². The van der Waals surface area contributed by atoms with Crippen LogP contribution in [0.25, 0.3) is 0 Å². The van der Waals surface area contributed by atoms with Gasteiger partial charge < -0.3 is 14.0 Å². The second kappa shape index (κ2) is 11.7. The van der Waals surface area contributed by atoms with Gasteiger partial charge >= 0.3 is 0 Å². The van der Waals surface area contributed by atoms with Gasteiger partial charge in [0.15, 0.2) is 0 Å². The molecule has 2 unspecified atom stereocenters. The maximum atomic E-state index is 14.4. The van der Waals surface area contributed by atoms with Crippen molar-refractivity contribution in [2.75, 3.05) is 33.2 Å². The lowest BCUT2D eigenvalue weighted by atomic mass is 9.79. The lowest BCUT2D eigenvalue weighted by Gasteiger charge is -2.29. The van der Waals surface area contributed by atoms with Gasteiger partial charge in [0.2, 0.25) is 0 Å². The molecule has 0 N–H and O–H groups in total. The normalized spacial score (nSPS) is 22.5.